The van der Waals surface area contributed by atoms with Crippen LogP contribution in [0.1, 0.15) is 40.5 Å². The molecule has 0 fully saturated rings. The van der Waals surface area contributed by atoms with Crippen LogP contribution in [0.4, 0.5) is 0 Å². The van der Waals surface area contributed by atoms with Gasteiger partial charge >= 0.3 is 23.9 Å². The van der Waals surface area contributed by atoms with Gasteiger partial charge in [-0.3, -0.25) is 9.59 Å². The maximum Gasteiger partial charge on any atom is 0.336 e. The number of allylic oxidation sites excluding steroid dienone is 2. The summed E-state index contributed by atoms with van der Waals surface area (Å²) in [5.74, 6) is -6.50. The monoisotopic (exact) mass is 383 g/mol. The number of nitrogens with one attached hydrogen (secondary N) is 1. The van der Waals surface area contributed by atoms with Crippen molar-refractivity contribution in [2.75, 3.05) is 13.2 Å². The van der Waals surface area contributed by atoms with E-state index in [2.05, 4.69) is 5.32 Å². The topological polar surface area (TPSA) is 139 Å². The standard InChI is InChI=1S/C18H25NO8/c1-5-26-17(24)13-9(3)19-10(4)14(18(25)27-6-2)15(13)11(16(22)23)7-8-12(20)21/h11,15,19H,5-8H2,1-4H3,(H,20,21)(H,22,23). The molecule has 0 radical (unpaired) electrons. The highest BCUT2D eigenvalue weighted by Gasteiger charge is 2.44. The SMILES string of the molecule is CCOC(=O)C1=C(C)NC(C)=C(C(=O)OCC)C1C(CCC(=O)O)C(=O)O. The molecule has 150 valence electrons. The van der Waals surface area contributed by atoms with Crippen molar-refractivity contribution >= 4 is 23.9 Å². The van der Waals surface area contributed by atoms with Gasteiger partial charge in [-0.2, -0.15) is 0 Å². The van der Waals surface area contributed by atoms with E-state index in [1.165, 1.54) is 0 Å². The Labute approximate surface area is 157 Å². The van der Waals surface area contributed by atoms with Gasteiger partial charge in [-0.15, -0.1) is 0 Å². The van der Waals surface area contributed by atoms with E-state index in [9.17, 15) is 24.3 Å². The number of rotatable bonds is 9. The first kappa shape index (κ1) is 22.2. The van der Waals surface area contributed by atoms with Crippen LogP contribution < -0.4 is 5.32 Å². The number of carboxylic acid groups (broad SMARTS) is 2. The van der Waals surface area contributed by atoms with Crippen LogP contribution in [0.5, 0.6) is 0 Å². The molecule has 0 aromatic carbocycles. The van der Waals surface area contributed by atoms with Gasteiger partial charge in [-0.25, -0.2) is 9.59 Å². The molecule has 1 atom stereocenters. The third-order valence-corrected chi connectivity index (χ3v) is 4.18. The Balaban J connectivity index is 3.54. The summed E-state index contributed by atoms with van der Waals surface area (Å²) in [6.45, 7) is 6.47. The summed E-state index contributed by atoms with van der Waals surface area (Å²) in [7, 11) is 0. The van der Waals surface area contributed by atoms with Gasteiger partial charge in [0.2, 0.25) is 0 Å². The number of dihydropyridines is 1. The molecular formula is C18H25NO8. The molecule has 1 rings (SSSR count). The van der Waals surface area contributed by atoms with Crippen LogP contribution in [0.3, 0.4) is 0 Å². The fourth-order valence-corrected chi connectivity index (χ4v) is 3.12. The molecule has 3 N–H and O–H groups in total. The lowest BCUT2D eigenvalue weighted by molar-refractivity contribution is -0.145. The van der Waals surface area contributed by atoms with Crippen LogP contribution >= 0.6 is 0 Å². The third-order valence-electron chi connectivity index (χ3n) is 4.18. The summed E-state index contributed by atoms with van der Waals surface area (Å²) >= 11 is 0. The van der Waals surface area contributed by atoms with Crippen molar-refractivity contribution in [3.8, 4) is 0 Å². The molecule has 27 heavy (non-hydrogen) atoms. The zero-order chi connectivity index (χ0) is 20.7. The van der Waals surface area contributed by atoms with Crippen LogP contribution in [0.2, 0.25) is 0 Å². The Bertz CT molecular complexity index is 651. The van der Waals surface area contributed by atoms with Gasteiger partial charge in [0, 0.05) is 23.7 Å². The zero-order valence-electron chi connectivity index (χ0n) is 15.8. The van der Waals surface area contributed by atoms with Gasteiger partial charge in [0.05, 0.1) is 30.3 Å². The second kappa shape index (κ2) is 9.75. The average molecular weight is 383 g/mol. The Morgan fingerprint density at radius 2 is 1.41 bits per heavy atom. The minimum Gasteiger partial charge on any atom is -0.481 e. The highest BCUT2D eigenvalue weighted by molar-refractivity contribution is 5.99. The number of hydrogen-bond acceptors (Lipinski definition) is 7. The van der Waals surface area contributed by atoms with Crippen LogP contribution in [0, 0.1) is 11.8 Å². The summed E-state index contributed by atoms with van der Waals surface area (Å²) in [5, 5.41) is 21.6. The molecule has 0 saturated carbocycles. The zero-order valence-corrected chi connectivity index (χ0v) is 15.8. The summed E-state index contributed by atoms with van der Waals surface area (Å²) in [6, 6.07) is 0. The highest BCUT2D eigenvalue weighted by atomic mass is 16.5. The molecule has 1 heterocycles. The lowest BCUT2D eigenvalue weighted by Gasteiger charge is -2.33. The molecule has 0 aromatic heterocycles. The Morgan fingerprint density at radius 1 is 0.963 bits per heavy atom. The molecule has 1 aliphatic rings. The first-order valence-corrected chi connectivity index (χ1v) is 8.62. The van der Waals surface area contributed by atoms with Gasteiger partial charge < -0.3 is 25.0 Å². The lowest BCUT2D eigenvalue weighted by Crippen LogP contribution is -2.39. The van der Waals surface area contributed by atoms with Crippen molar-refractivity contribution in [1.82, 2.24) is 5.32 Å². The molecule has 9 heteroatoms. The normalized spacial score (nSPS) is 15.9. The summed E-state index contributed by atoms with van der Waals surface area (Å²) in [5.41, 5.74) is 0.683. The van der Waals surface area contributed by atoms with Crippen molar-refractivity contribution in [3.05, 3.63) is 22.5 Å². The van der Waals surface area contributed by atoms with Gasteiger partial charge in [0.15, 0.2) is 0 Å². The number of carbonyl (C=O) groups is 4. The lowest BCUT2D eigenvalue weighted by atomic mass is 9.74. The Kier molecular flexibility index (Phi) is 8.01. The van der Waals surface area contributed by atoms with E-state index >= 15 is 0 Å². The van der Waals surface area contributed by atoms with Gasteiger partial charge in [0.1, 0.15) is 0 Å². The van der Waals surface area contributed by atoms with E-state index in [1.54, 1.807) is 27.7 Å². The second-order valence-electron chi connectivity index (χ2n) is 6.00. The Hall–Kier alpha value is -2.84. The largest absolute Gasteiger partial charge is 0.481 e. The molecule has 1 unspecified atom stereocenters. The molecule has 0 spiro atoms. The molecule has 0 aliphatic carbocycles. The summed E-state index contributed by atoms with van der Waals surface area (Å²) in [6.07, 6.45) is -0.688. The second-order valence-corrected chi connectivity index (χ2v) is 6.00. The van der Waals surface area contributed by atoms with Crippen LogP contribution in [0.25, 0.3) is 0 Å². The smallest absolute Gasteiger partial charge is 0.336 e. The molecule has 0 bridgehead atoms. The quantitative estimate of drug-likeness (QED) is 0.505. The number of hydrogen-bond donors (Lipinski definition) is 3. The number of esters is 2. The maximum atomic E-state index is 12.5. The van der Waals surface area contributed by atoms with E-state index in [4.69, 9.17) is 14.6 Å². The van der Waals surface area contributed by atoms with Crippen molar-refractivity contribution in [3.63, 3.8) is 0 Å². The van der Waals surface area contributed by atoms with Gasteiger partial charge in [0.25, 0.3) is 0 Å². The number of carbonyl (C=O) groups excluding carboxylic acids is 2. The first-order chi connectivity index (χ1) is 12.6. The fourth-order valence-electron chi connectivity index (χ4n) is 3.12. The van der Waals surface area contributed by atoms with Crippen LogP contribution in [-0.4, -0.2) is 47.3 Å². The summed E-state index contributed by atoms with van der Waals surface area (Å²) in [4.78, 5) is 47.9. The predicted molar refractivity (Wildman–Crippen MR) is 93.3 cm³/mol. The molecule has 9 nitrogen and oxygen atoms in total. The average Bonchev–Trinajstić information content (AvgIpc) is 2.54. The summed E-state index contributed by atoms with van der Waals surface area (Å²) < 4.78 is 10.1. The van der Waals surface area contributed by atoms with Crippen LogP contribution in [0.15, 0.2) is 22.5 Å². The van der Waals surface area contributed by atoms with Crippen LogP contribution in [-0.2, 0) is 28.7 Å². The van der Waals surface area contributed by atoms with E-state index in [1.807, 2.05) is 0 Å². The number of ether oxygens (including phenoxy) is 2. The number of aliphatic carboxylic acids is 2. The molecule has 0 aromatic rings. The molecule has 1 aliphatic heterocycles. The van der Waals surface area contributed by atoms with Gasteiger partial charge in [-0.1, -0.05) is 0 Å². The first-order valence-electron chi connectivity index (χ1n) is 8.62. The highest BCUT2D eigenvalue weighted by Crippen LogP contribution is 2.38. The molecule has 0 amide bonds. The maximum absolute atomic E-state index is 12.5. The number of carboxylic acids is 2. The van der Waals surface area contributed by atoms with Gasteiger partial charge in [-0.05, 0) is 34.1 Å². The van der Waals surface area contributed by atoms with Crippen molar-refractivity contribution in [2.45, 2.75) is 40.5 Å². The minimum atomic E-state index is -1.31. The van der Waals surface area contributed by atoms with E-state index in [-0.39, 0.29) is 30.8 Å². The van der Waals surface area contributed by atoms with E-state index in [0.29, 0.717) is 11.4 Å². The van der Waals surface area contributed by atoms with Crippen molar-refractivity contribution < 1.29 is 38.9 Å². The molecule has 0 saturated heterocycles. The van der Waals surface area contributed by atoms with E-state index in [0.717, 1.165) is 0 Å². The molecular weight excluding hydrogens is 358 g/mol. The fraction of sp³-hybridized carbons (Fsp3) is 0.556. The third kappa shape index (κ3) is 5.32. The minimum absolute atomic E-state index is 0.0108. The Morgan fingerprint density at radius 3 is 1.74 bits per heavy atom. The predicted octanol–water partition coefficient (Wildman–Crippen LogP) is 1.45. The van der Waals surface area contributed by atoms with E-state index < -0.39 is 42.1 Å². The van der Waals surface area contributed by atoms with Crippen molar-refractivity contribution in [2.24, 2.45) is 11.8 Å². The van der Waals surface area contributed by atoms with Crippen molar-refractivity contribution in [1.29, 1.82) is 0 Å².